The number of nitrogens with one attached hydrogen (secondary N) is 1. The van der Waals surface area contributed by atoms with Crippen LogP contribution in [0.15, 0.2) is 40.2 Å². The number of thioether (sulfide) groups is 1. The molecule has 0 fully saturated rings. The van der Waals surface area contributed by atoms with E-state index in [0.717, 1.165) is 15.8 Å². The zero-order chi connectivity index (χ0) is 9.26. The maximum Gasteiger partial charge on any atom is 0.249 e. The SMILES string of the molecule is CSc1[nH]c(=O)cc2ccccc12. The summed E-state index contributed by atoms with van der Waals surface area (Å²) in [5.41, 5.74) is -0.0388. The van der Waals surface area contributed by atoms with Crippen LogP contribution in [0.4, 0.5) is 0 Å². The second-order valence-electron chi connectivity index (χ2n) is 2.75. The molecule has 66 valence electrons. The molecule has 2 aromatic rings. The Morgan fingerprint density at radius 3 is 2.85 bits per heavy atom. The summed E-state index contributed by atoms with van der Waals surface area (Å²) in [4.78, 5) is 14.0. The fraction of sp³-hybridized carbons (Fsp3) is 0.100. The summed E-state index contributed by atoms with van der Waals surface area (Å²) in [5, 5.41) is 3.04. The van der Waals surface area contributed by atoms with E-state index in [4.69, 9.17) is 0 Å². The zero-order valence-corrected chi connectivity index (χ0v) is 8.02. The number of rotatable bonds is 1. The first-order valence-corrected chi connectivity index (χ1v) is 5.20. The van der Waals surface area contributed by atoms with E-state index in [-0.39, 0.29) is 5.56 Å². The van der Waals surface area contributed by atoms with E-state index in [1.54, 1.807) is 17.8 Å². The number of fused-ring (bicyclic) bond motifs is 1. The van der Waals surface area contributed by atoms with Crippen molar-refractivity contribution in [3.05, 3.63) is 40.7 Å². The van der Waals surface area contributed by atoms with Gasteiger partial charge in [-0.2, -0.15) is 0 Å². The molecular weight excluding hydrogens is 182 g/mol. The van der Waals surface area contributed by atoms with E-state index in [1.807, 2.05) is 30.5 Å². The predicted octanol–water partition coefficient (Wildman–Crippen LogP) is 2.25. The maximum absolute atomic E-state index is 11.2. The van der Waals surface area contributed by atoms with Crippen LogP contribution in [0, 0.1) is 0 Å². The molecule has 0 aliphatic heterocycles. The lowest BCUT2D eigenvalue weighted by Gasteiger charge is -2.01. The first-order chi connectivity index (χ1) is 6.31. The fourth-order valence-electron chi connectivity index (χ4n) is 1.35. The molecule has 0 unspecified atom stereocenters. The van der Waals surface area contributed by atoms with Crippen molar-refractivity contribution in [2.75, 3.05) is 6.26 Å². The monoisotopic (exact) mass is 191 g/mol. The number of aromatic nitrogens is 1. The van der Waals surface area contributed by atoms with Gasteiger partial charge in [-0.1, -0.05) is 24.3 Å². The molecule has 0 saturated heterocycles. The zero-order valence-electron chi connectivity index (χ0n) is 7.20. The Labute approximate surface area is 80.0 Å². The van der Waals surface area contributed by atoms with Crippen molar-refractivity contribution in [2.45, 2.75) is 5.03 Å². The van der Waals surface area contributed by atoms with Gasteiger partial charge in [0, 0.05) is 11.5 Å². The van der Waals surface area contributed by atoms with Gasteiger partial charge in [0.1, 0.15) is 0 Å². The number of hydrogen-bond acceptors (Lipinski definition) is 2. The molecule has 3 heteroatoms. The van der Waals surface area contributed by atoms with Crippen molar-refractivity contribution in [3.8, 4) is 0 Å². The summed E-state index contributed by atoms with van der Waals surface area (Å²) >= 11 is 1.56. The molecule has 1 heterocycles. The van der Waals surface area contributed by atoms with E-state index in [0.29, 0.717) is 0 Å². The first-order valence-electron chi connectivity index (χ1n) is 3.97. The van der Waals surface area contributed by atoms with Crippen LogP contribution in [0.5, 0.6) is 0 Å². The van der Waals surface area contributed by atoms with Crippen LogP contribution in [0.3, 0.4) is 0 Å². The van der Waals surface area contributed by atoms with Crippen LogP contribution in [0.1, 0.15) is 0 Å². The topological polar surface area (TPSA) is 32.9 Å². The number of H-pyrrole nitrogens is 1. The van der Waals surface area contributed by atoms with Crippen molar-refractivity contribution in [1.29, 1.82) is 0 Å². The van der Waals surface area contributed by atoms with Crippen LogP contribution in [-0.2, 0) is 0 Å². The molecule has 0 spiro atoms. The molecule has 0 atom stereocenters. The van der Waals surface area contributed by atoms with Crippen molar-refractivity contribution in [1.82, 2.24) is 4.98 Å². The molecule has 1 N–H and O–H groups in total. The molecule has 1 aromatic heterocycles. The normalized spacial score (nSPS) is 10.5. The van der Waals surface area contributed by atoms with Gasteiger partial charge in [-0.25, -0.2) is 0 Å². The van der Waals surface area contributed by atoms with Crippen LogP contribution in [0.2, 0.25) is 0 Å². The average Bonchev–Trinajstić information content (AvgIpc) is 2.16. The first kappa shape index (κ1) is 8.38. The minimum absolute atomic E-state index is 0.0388. The highest BCUT2D eigenvalue weighted by Crippen LogP contribution is 2.21. The van der Waals surface area contributed by atoms with Crippen LogP contribution < -0.4 is 5.56 Å². The van der Waals surface area contributed by atoms with Gasteiger partial charge in [0.05, 0.1) is 5.03 Å². The number of pyridine rings is 1. The summed E-state index contributed by atoms with van der Waals surface area (Å²) in [6, 6.07) is 9.49. The van der Waals surface area contributed by atoms with Crippen LogP contribution in [0.25, 0.3) is 10.8 Å². The molecule has 0 aliphatic rings. The molecular formula is C10H9NOS. The standard InChI is InChI=1S/C10H9NOS/c1-13-10-8-5-3-2-4-7(8)6-9(12)11-10/h2-6H,1H3,(H,11,12). The van der Waals surface area contributed by atoms with E-state index < -0.39 is 0 Å². The summed E-state index contributed by atoms with van der Waals surface area (Å²) < 4.78 is 0. The summed E-state index contributed by atoms with van der Waals surface area (Å²) in [5.74, 6) is 0. The second-order valence-corrected chi connectivity index (χ2v) is 3.57. The minimum Gasteiger partial charge on any atom is -0.317 e. The van der Waals surface area contributed by atoms with Crippen LogP contribution >= 0.6 is 11.8 Å². The van der Waals surface area contributed by atoms with Gasteiger partial charge in [0.15, 0.2) is 0 Å². The van der Waals surface area contributed by atoms with Gasteiger partial charge >= 0.3 is 0 Å². The number of aromatic amines is 1. The molecule has 2 rings (SSSR count). The van der Waals surface area contributed by atoms with Gasteiger partial charge < -0.3 is 4.98 Å². The Kier molecular flexibility index (Phi) is 2.10. The van der Waals surface area contributed by atoms with Crippen molar-refractivity contribution in [2.24, 2.45) is 0 Å². The fourth-order valence-corrected chi connectivity index (χ4v) is 1.96. The Bertz CT molecular complexity index is 489. The van der Waals surface area contributed by atoms with E-state index >= 15 is 0 Å². The maximum atomic E-state index is 11.2. The average molecular weight is 191 g/mol. The Morgan fingerprint density at radius 1 is 1.31 bits per heavy atom. The molecule has 0 aliphatic carbocycles. The molecule has 0 bridgehead atoms. The van der Waals surface area contributed by atoms with Gasteiger partial charge in [-0.15, -0.1) is 11.8 Å². The smallest absolute Gasteiger partial charge is 0.249 e. The third kappa shape index (κ3) is 1.47. The van der Waals surface area contributed by atoms with Gasteiger partial charge in [-0.05, 0) is 11.6 Å². The van der Waals surface area contributed by atoms with Gasteiger partial charge in [-0.3, -0.25) is 4.79 Å². The summed E-state index contributed by atoms with van der Waals surface area (Å²) in [6.45, 7) is 0. The lowest BCUT2D eigenvalue weighted by Crippen LogP contribution is -2.04. The van der Waals surface area contributed by atoms with Gasteiger partial charge in [0.2, 0.25) is 5.56 Å². The third-order valence-corrected chi connectivity index (χ3v) is 2.66. The quantitative estimate of drug-likeness (QED) is 0.701. The summed E-state index contributed by atoms with van der Waals surface area (Å²) in [6.07, 6.45) is 1.96. The van der Waals surface area contributed by atoms with E-state index in [9.17, 15) is 4.79 Å². The molecule has 0 radical (unpaired) electrons. The number of hydrogen-bond donors (Lipinski definition) is 1. The highest BCUT2D eigenvalue weighted by Gasteiger charge is 1.99. The summed E-state index contributed by atoms with van der Waals surface area (Å²) in [7, 11) is 0. The Hall–Kier alpha value is -1.22. The number of benzene rings is 1. The Balaban J connectivity index is 2.89. The van der Waals surface area contributed by atoms with Crippen LogP contribution in [-0.4, -0.2) is 11.2 Å². The minimum atomic E-state index is -0.0388. The van der Waals surface area contributed by atoms with Gasteiger partial charge in [0.25, 0.3) is 0 Å². The molecule has 2 nitrogen and oxygen atoms in total. The molecule has 0 saturated carbocycles. The largest absolute Gasteiger partial charge is 0.317 e. The van der Waals surface area contributed by atoms with E-state index in [2.05, 4.69) is 4.98 Å². The molecule has 1 aromatic carbocycles. The Morgan fingerprint density at radius 2 is 2.08 bits per heavy atom. The highest BCUT2D eigenvalue weighted by molar-refractivity contribution is 7.98. The second kappa shape index (κ2) is 3.26. The van der Waals surface area contributed by atoms with Crippen molar-refractivity contribution < 1.29 is 0 Å². The van der Waals surface area contributed by atoms with Crippen molar-refractivity contribution in [3.63, 3.8) is 0 Å². The van der Waals surface area contributed by atoms with E-state index in [1.165, 1.54) is 0 Å². The lowest BCUT2D eigenvalue weighted by molar-refractivity contribution is 1.12. The highest BCUT2D eigenvalue weighted by atomic mass is 32.2. The van der Waals surface area contributed by atoms with Crippen molar-refractivity contribution >= 4 is 22.5 Å². The predicted molar refractivity (Wildman–Crippen MR) is 56.3 cm³/mol. The third-order valence-electron chi connectivity index (χ3n) is 1.93. The molecule has 13 heavy (non-hydrogen) atoms. The molecule has 0 amide bonds. The lowest BCUT2D eigenvalue weighted by atomic mass is 10.2.